The van der Waals surface area contributed by atoms with Crippen LogP contribution in [0.3, 0.4) is 0 Å². The maximum atomic E-state index is 10.2. The van der Waals surface area contributed by atoms with E-state index in [-0.39, 0.29) is 28.7 Å². The van der Waals surface area contributed by atoms with Crippen molar-refractivity contribution in [2.45, 2.75) is 0 Å². The zero-order chi connectivity index (χ0) is 22.6. The van der Waals surface area contributed by atoms with Crippen molar-refractivity contribution < 1.29 is 44.7 Å². The first-order valence-corrected chi connectivity index (χ1v) is 6.86. The van der Waals surface area contributed by atoms with Gasteiger partial charge in [-0.15, -0.1) is 0 Å². The Labute approximate surface area is 159 Å². The predicted octanol–water partition coefficient (Wildman–Crippen LogP) is -6.50. The van der Waals surface area contributed by atoms with Gasteiger partial charge < -0.3 is 25.2 Å². The lowest BCUT2D eigenvalue weighted by molar-refractivity contribution is -0.474. The largest absolute Gasteiger partial charge is 0.543 e. The molecule has 29 heavy (non-hydrogen) atoms. The van der Waals surface area contributed by atoms with Crippen LogP contribution in [0.2, 0.25) is 0 Å². The van der Waals surface area contributed by atoms with E-state index in [2.05, 4.69) is 31.2 Å². The Hall–Kier alpha value is -4.71. The average Bonchev–Trinajstić information content (AvgIpc) is 3.34. The van der Waals surface area contributed by atoms with E-state index >= 15 is 0 Å². The van der Waals surface area contributed by atoms with Gasteiger partial charge in [0.1, 0.15) is 5.69 Å². The van der Waals surface area contributed by atoms with Gasteiger partial charge in [0, 0.05) is 6.07 Å². The second-order valence-electron chi connectivity index (χ2n) is 4.34. The number of hydrogen-bond acceptors (Lipinski definition) is 10. The van der Waals surface area contributed by atoms with E-state index in [0.29, 0.717) is 0 Å². The number of carbonyl (C=O) groups excluding carboxylic acids is 1. The smallest absolute Gasteiger partial charge is 0.398 e. The van der Waals surface area contributed by atoms with Crippen molar-refractivity contribution in [3.05, 3.63) is 34.9 Å². The maximum Gasteiger partial charge on any atom is 0.398 e. The number of carboxylic acid groups (broad SMARTS) is 4. The number of carbonyl (C=O) groups is 4. The molecule has 18 nitrogen and oxygen atoms in total. The minimum absolute atomic E-state index is 0.234. The van der Waals surface area contributed by atoms with Gasteiger partial charge in [-0.25, -0.2) is 25.2 Å². The second kappa shape index (κ2) is 11.8. The third-order valence-corrected chi connectivity index (χ3v) is 2.48. The highest BCUT2D eigenvalue weighted by molar-refractivity contribution is 5.91. The van der Waals surface area contributed by atoms with Gasteiger partial charge in [0.15, 0.2) is 11.4 Å². The molecule has 0 spiro atoms. The monoisotopic (exact) mass is 416 g/mol. The molecule has 0 radical (unpaired) electrons. The standard InChI is InChI=1S/2C5H4N2O4.CH8N6/c2*8-4(9)2-1-3(5(10)11)7-6-2;2-5-1(6-3)7-4/h2*1H,(H,6,7)(H,8,9)(H,10,11);2-4H2,(H2,5,6,7). The summed E-state index contributed by atoms with van der Waals surface area (Å²) in [6.07, 6.45) is 0. The molecule has 0 aliphatic rings. The quantitative estimate of drug-likeness (QED) is 0.0954. The fourth-order valence-electron chi connectivity index (χ4n) is 1.20. The number of aromatic carboxylic acids is 4. The predicted molar refractivity (Wildman–Crippen MR) is 87.2 cm³/mol. The van der Waals surface area contributed by atoms with Gasteiger partial charge in [0.2, 0.25) is 0 Å². The molecule has 0 fully saturated rings. The van der Waals surface area contributed by atoms with Crippen molar-refractivity contribution in [1.29, 1.82) is 0 Å². The van der Waals surface area contributed by atoms with Gasteiger partial charge in [-0.1, -0.05) is 0 Å². The summed E-state index contributed by atoms with van der Waals surface area (Å²) in [5.41, 5.74) is 3.07. The molecule has 0 bridgehead atoms. The molecule has 0 aliphatic heterocycles. The van der Waals surface area contributed by atoms with Crippen molar-refractivity contribution >= 4 is 29.8 Å². The average molecular weight is 416 g/mol. The van der Waals surface area contributed by atoms with Crippen LogP contribution >= 0.6 is 0 Å². The summed E-state index contributed by atoms with van der Waals surface area (Å²) >= 11 is 0. The molecule has 0 unspecified atom stereocenters. The second-order valence-corrected chi connectivity index (χ2v) is 4.34. The fourth-order valence-corrected chi connectivity index (χ4v) is 1.20. The molecule has 2 aromatic rings. The number of hydrazone groups is 1. The lowest BCUT2D eigenvalue weighted by atomic mass is 10.3. The third-order valence-electron chi connectivity index (χ3n) is 2.48. The molecule has 14 N–H and O–H groups in total. The molecular weight excluding hydrogens is 400 g/mol. The van der Waals surface area contributed by atoms with Gasteiger partial charge >= 0.3 is 23.9 Å². The molecule has 18 heteroatoms. The number of guanidine groups is 1. The topological polar surface area (TPSA) is 325 Å². The van der Waals surface area contributed by atoms with Gasteiger partial charge in [0.25, 0.3) is 0 Å². The van der Waals surface area contributed by atoms with Gasteiger partial charge in [-0.2, -0.15) is 27.0 Å². The minimum Gasteiger partial charge on any atom is -0.543 e. The Morgan fingerprint density at radius 1 is 0.897 bits per heavy atom. The molecule has 2 heterocycles. The fraction of sp³-hybridized carbons (Fsp3) is 0. The molecule has 0 saturated carbocycles. The van der Waals surface area contributed by atoms with Crippen molar-refractivity contribution in [3.63, 3.8) is 0 Å². The lowest BCUT2D eigenvalue weighted by Gasteiger charge is -1.91. The van der Waals surface area contributed by atoms with Crippen LogP contribution in [-0.2, 0) is 0 Å². The summed E-state index contributed by atoms with van der Waals surface area (Å²) in [4.78, 5) is 40.5. The maximum absolute atomic E-state index is 10.2. The first kappa shape index (κ1) is 24.3. The van der Waals surface area contributed by atoms with Crippen LogP contribution < -0.4 is 38.6 Å². The number of hydrogen-bond donors (Lipinski definition) is 11. The number of hydrazine groups is 3. The molecule has 2 rings (SSSR count). The number of aromatic amines is 2. The summed E-state index contributed by atoms with van der Waals surface area (Å²) < 4.78 is 0. The van der Waals surface area contributed by atoms with Gasteiger partial charge in [-0.3, -0.25) is 16.0 Å². The summed E-state index contributed by atoms with van der Waals surface area (Å²) in [6.45, 7) is 0. The lowest BCUT2D eigenvalue weighted by Crippen LogP contribution is -2.86. The van der Waals surface area contributed by atoms with Crippen molar-refractivity contribution in [1.82, 2.24) is 31.2 Å². The van der Waals surface area contributed by atoms with E-state index in [0.717, 1.165) is 12.1 Å². The van der Waals surface area contributed by atoms with Crippen molar-refractivity contribution in [2.24, 2.45) is 17.5 Å². The number of carboxylic acids is 4. The van der Waals surface area contributed by atoms with Crippen LogP contribution in [0.15, 0.2) is 12.1 Å². The Balaban J connectivity index is 0.000000419. The van der Waals surface area contributed by atoms with Crippen molar-refractivity contribution in [3.8, 4) is 0 Å². The number of rotatable bonds is 4. The summed E-state index contributed by atoms with van der Waals surface area (Å²) in [6, 6.07) is 1.84. The normalized spacial score (nSPS) is 8.90. The van der Waals surface area contributed by atoms with Crippen LogP contribution in [0.25, 0.3) is 0 Å². The van der Waals surface area contributed by atoms with E-state index in [4.69, 9.17) is 32.8 Å². The number of aromatic nitrogens is 4. The highest BCUT2D eigenvalue weighted by Crippen LogP contribution is 1.98. The molecule has 0 amide bonds. The zero-order valence-corrected chi connectivity index (χ0v) is 14.2. The van der Waals surface area contributed by atoms with Crippen LogP contribution in [-0.4, -0.2) is 65.6 Å². The Morgan fingerprint density at radius 3 is 1.48 bits per heavy atom. The molecule has 0 aromatic carbocycles. The number of nitrogens with one attached hydrogen (secondary N) is 5. The van der Waals surface area contributed by atoms with Crippen LogP contribution in [0.4, 0.5) is 0 Å². The summed E-state index contributed by atoms with van der Waals surface area (Å²) in [7, 11) is 0. The SMILES string of the molecule is NNC(NN)=[NH+]N.O=C(O)c1cc(C(=O)O)[nH]n1.O=C(O)c1cc(C(=O)[O-])[nH]n1. The molecule has 0 atom stereocenters. The first-order chi connectivity index (χ1) is 13.6. The van der Waals surface area contributed by atoms with E-state index in [1.165, 1.54) is 0 Å². The molecule has 0 saturated heterocycles. The number of nitrogens with zero attached hydrogens (tertiary/aromatic N) is 2. The van der Waals surface area contributed by atoms with Crippen molar-refractivity contribution in [2.75, 3.05) is 0 Å². The molecule has 158 valence electrons. The third kappa shape index (κ3) is 8.48. The number of nitrogens with two attached hydrogens (primary N) is 3. The van der Waals surface area contributed by atoms with E-state index in [1.807, 2.05) is 5.10 Å². The Kier molecular flexibility index (Phi) is 9.90. The summed E-state index contributed by atoms with van der Waals surface area (Å²) in [5.74, 6) is 9.48. The van der Waals surface area contributed by atoms with Crippen LogP contribution in [0.5, 0.6) is 0 Å². The van der Waals surface area contributed by atoms with Crippen LogP contribution in [0.1, 0.15) is 42.0 Å². The zero-order valence-electron chi connectivity index (χ0n) is 14.2. The molecular formula is C11H16N10O8. The Morgan fingerprint density at radius 2 is 1.31 bits per heavy atom. The van der Waals surface area contributed by atoms with E-state index < -0.39 is 23.9 Å². The first-order valence-electron chi connectivity index (χ1n) is 6.86. The minimum atomic E-state index is -1.48. The van der Waals surface area contributed by atoms with Gasteiger partial charge in [-0.05, 0) is 6.07 Å². The highest BCUT2D eigenvalue weighted by atomic mass is 16.4. The number of H-pyrrole nitrogens is 2. The van der Waals surface area contributed by atoms with Gasteiger partial charge in [0.05, 0.1) is 11.7 Å². The van der Waals surface area contributed by atoms with E-state index in [9.17, 15) is 24.3 Å². The van der Waals surface area contributed by atoms with E-state index in [1.54, 1.807) is 0 Å². The summed E-state index contributed by atoms with van der Waals surface area (Å²) in [5, 5.41) is 47.6. The highest BCUT2D eigenvalue weighted by Gasteiger charge is 2.11. The molecule has 0 aliphatic carbocycles. The molecule has 2 aromatic heterocycles. The Bertz CT molecular complexity index is 763. The van der Waals surface area contributed by atoms with Crippen LogP contribution in [0, 0.1) is 0 Å².